The average Bonchev–Trinajstić information content (AvgIpc) is 3.03. The normalized spacial score (nSPS) is 10.5. The molecule has 2 aromatic carbocycles. The van der Waals surface area contributed by atoms with Gasteiger partial charge in [0.15, 0.2) is 0 Å². The average molecular weight is 329 g/mol. The third-order valence-electron chi connectivity index (χ3n) is 3.12. The molecule has 0 amide bonds. The number of thiazole rings is 1. The van der Waals surface area contributed by atoms with E-state index in [9.17, 15) is 14.3 Å². The van der Waals surface area contributed by atoms with Gasteiger partial charge in [-0.1, -0.05) is 12.1 Å². The maximum Gasteiger partial charge on any atom is 0.342 e. The Morgan fingerprint density at radius 3 is 2.65 bits per heavy atom. The number of para-hydroxylation sites is 1. The number of halogens is 1. The Morgan fingerprint density at radius 1 is 1.17 bits per heavy atom. The number of carbonyl (C=O) groups is 1. The molecule has 4 nitrogen and oxygen atoms in total. The Bertz CT molecular complexity index is 830. The zero-order valence-corrected chi connectivity index (χ0v) is 12.7. The summed E-state index contributed by atoms with van der Waals surface area (Å²) in [5.41, 5.74) is 1.51. The van der Waals surface area contributed by atoms with Crippen molar-refractivity contribution < 1.29 is 19.0 Å². The first-order chi connectivity index (χ1) is 11.1. The van der Waals surface area contributed by atoms with E-state index in [1.54, 1.807) is 29.6 Å². The van der Waals surface area contributed by atoms with E-state index >= 15 is 0 Å². The molecule has 1 N–H and O–H groups in total. The molecule has 0 fully saturated rings. The Kier molecular flexibility index (Phi) is 4.34. The summed E-state index contributed by atoms with van der Waals surface area (Å²) in [5.74, 6) is -1.04. The number of benzene rings is 2. The molecule has 0 aliphatic rings. The fraction of sp³-hybridized carbons (Fsp3) is 0.0588. The van der Waals surface area contributed by atoms with Gasteiger partial charge < -0.3 is 9.84 Å². The zero-order chi connectivity index (χ0) is 16.2. The Balaban J connectivity index is 1.67. The van der Waals surface area contributed by atoms with Gasteiger partial charge in [-0.3, -0.25) is 0 Å². The van der Waals surface area contributed by atoms with Crippen LogP contribution in [0.15, 0.2) is 53.9 Å². The van der Waals surface area contributed by atoms with E-state index in [0.29, 0.717) is 5.69 Å². The molecule has 0 saturated heterocycles. The summed E-state index contributed by atoms with van der Waals surface area (Å²) in [6.07, 6.45) is 0. The van der Waals surface area contributed by atoms with Crippen molar-refractivity contribution in [3.63, 3.8) is 0 Å². The molecule has 0 bridgehead atoms. The van der Waals surface area contributed by atoms with E-state index < -0.39 is 5.97 Å². The molecule has 3 aromatic rings. The van der Waals surface area contributed by atoms with Crippen LogP contribution in [0.1, 0.15) is 16.1 Å². The molecule has 0 aliphatic heterocycles. The van der Waals surface area contributed by atoms with Crippen molar-refractivity contribution in [1.29, 1.82) is 0 Å². The summed E-state index contributed by atoms with van der Waals surface area (Å²) in [7, 11) is 0. The molecule has 0 unspecified atom stereocenters. The number of aromatic nitrogens is 1. The van der Waals surface area contributed by atoms with Gasteiger partial charge >= 0.3 is 5.97 Å². The quantitative estimate of drug-likeness (QED) is 0.735. The number of hydrogen-bond acceptors (Lipinski definition) is 5. The molecule has 23 heavy (non-hydrogen) atoms. The second-order valence-electron chi connectivity index (χ2n) is 4.74. The van der Waals surface area contributed by atoms with Crippen molar-refractivity contribution in [3.8, 4) is 16.3 Å². The number of phenols is 1. The monoisotopic (exact) mass is 329 g/mol. The first-order valence-corrected chi connectivity index (χ1v) is 7.67. The lowest BCUT2D eigenvalue weighted by Gasteiger charge is -2.04. The summed E-state index contributed by atoms with van der Waals surface area (Å²) >= 11 is 1.38. The van der Waals surface area contributed by atoms with E-state index in [-0.39, 0.29) is 23.7 Å². The van der Waals surface area contributed by atoms with Gasteiger partial charge in [-0.15, -0.1) is 11.3 Å². The number of phenolic OH excluding ortho intramolecular Hbond substituents is 1. The standard InChI is InChI=1S/C17H12FNO3S/c18-12-7-5-11(6-8-12)16-19-13(10-23-16)9-22-17(21)14-3-1-2-4-15(14)20/h1-8,10,20H,9H2. The fourth-order valence-electron chi connectivity index (χ4n) is 1.96. The van der Waals surface area contributed by atoms with Crippen molar-refractivity contribution in [2.24, 2.45) is 0 Å². The molecule has 3 rings (SSSR count). The molecular formula is C17H12FNO3S. The zero-order valence-electron chi connectivity index (χ0n) is 11.9. The minimum Gasteiger partial charge on any atom is -0.507 e. The van der Waals surface area contributed by atoms with Crippen molar-refractivity contribution in [1.82, 2.24) is 4.98 Å². The molecule has 116 valence electrons. The van der Waals surface area contributed by atoms with Crippen LogP contribution in [-0.4, -0.2) is 16.1 Å². The van der Waals surface area contributed by atoms with E-state index in [0.717, 1.165) is 10.6 Å². The number of hydrogen-bond donors (Lipinski definition) is 1. The lowest BCUT2D eigenvalue weighted by atomic mass is 10.2. The van der Waals surface area contributed by atoms with E-state index in [1.807, 2.05) is 0 Å². The predicted octanol–water partition coefficient (Wildman–Crippen LogP) is 4.01. The molecule has 0 atom stereocenters. The molecule has 0 aliphatic carbocycles. The van der Waals surface area contributed by atoms with Crippen LogP contribution in [0.4, 0.5) is 4.39 Å². The molecule has 1 heterocycles. The highest BCUT2D eigenvalue weighted by molar-refractivity contribution is 7.13. The maximum absolute atomic E-state index is 12.9. The van der Waals surface area contributed by atoms with Crippen LogP contribution in [0.2, 0.25) is 0 Å². The summed E-state index contributed by atoms with van der Waals surface area (Å²) in [6, 6.07) is 12.2. The Hall–Kier alpha value is -2.73. The summed E-state index contributed by atoms with van der Waals surface area (Å²) < 4.78 is 18.1. The van der Waals surface area contributed by atoms with Crippen molar-refractivity contribution >= 4 is 17.3 Å². The lowest BCUT2D eigenvalue weighted by Crippen LogP contribution is -2.05. The summed E-state index contributed by atoms with van der Waals surface area (Å²) in [4.78, 5) is 16.3. The summed E-state index contributed by atoms with van der Waals surface area (Å²) in [5, 5.41) is 12.1. The lowest BCUT2D eigenvalue weighted by molar-refractivity contribution is 0.0465. The van der Waals surface area contributed by atoms with Crippen LogP contribution >= 0.6 is 11.3 Å². The molecule has 0 saturated carbocycles. The molecule has 0 spiro atoms. The van der Waals surface area contributed by atoms with Crippen molar-refractivity contribution in [2.75, 3.05) is 0 Å². The second-order valence-corrected chi connectivity index (χ2v) is 5.60. The second kappa shape index (κ2) is 6.58. The van der Waals surface area contributed by atoms with Crippen LogP contribution in [-0.2, 0) is 11.3 Å². The number of rotatable bonds is 4. The van der Waals surface area contributed by atoms with Crippen LogP contribution in [0.5, 0.6) is 5.75 Å². The van der Waals surface area contributed by atoms with Crippen LogP contribution in [0.25, 0.3) is 10.6 Å². The number of ether oxygens (including phenoxy) is 1. The van der Waals surface area contributed by atoms with E-state index in [4.69, 9.17) is 4.74 Å². The van der Waals surface area contributed by atoms with Crippen molar-refractivity contribution in [2.45, 2.75) is 6.61 Å². The predicted molar refractivity (Wildman–Crippen MR) is 84.7 cm³/mol. The topological polar surface area (TPSA) is 59.4 Å². The summed E-state index contributed by atoms with van der Waals surface area (Å²) in [6.45, 7) is 0.00482. The van der Waals surface area contributed by atoms with Gasteiger partial charge in [-0.2, -0.15) is 0 Å². The maximum atomic E-state index is 12.9. The van der Waals surface area contributed by atoms with Crippen molar-refractivity contribution in [3.05, 3.63) is 71.0 Å². The highest BCUT2D eigenvalue weighted by Gasteiger charge is 2.13. The minimum atomic E-state index is -0.612. The van der Waals surface area contributed by atoms with Crippen LogP contribution in [0.3, 0.4) is 0 Å². The van der Waals surface area contributed by atoms with Gasteiger partial charge in [0.1, 0.15) is 28.7 Å². The third-order valence-corrected chi connectivity index (χ3v) is 4.06. The first-order valence-electron chi connectivity index (χ1n) is 6.79. The van der Waals surface area contributed by atoms with Gasteiger partial charge in [0.2, 0.25) is 0 Å². The van der Waals surface area contributed by atoms with Gasteiger partial charge in [0, 0.05) is 10.9 Å². The Morgan fingerprint density at radius 2 is 1.91 bits per heavy atom. The van der Waals surface area contributed by atoms with Gasteiger partial charge in [-0.25, -0.2) is 14.2 Å². The fourth-order valence-corrected chi connectivity index (χ4v) is 2.77. The van der Waals surface area contributed by atoms with Crippen LogP contribution in [0, 0.1) is 5.82 Å². The molecule has 0 radical (unpaired) electrons. The number of nitrogens with zero attached hydrogens (tertiary/aromatic N) is 1. The van der Waals surface area contributed by atoms with Crippen LogP contribution < -0.4 is 0 Å². The number of aromatic hydroxyl groups is 1. The highest BCUT2D eigenvalue weighted by atomic mass is 32.1. The van der Waals surface area contributed by atoms with Gasteiger partial charge in [0.25, 0.3) is 0 Å². The number of carbonyl (C=O) groups excluding carboxylic acids is 1. The molecule has 1 aromatic heterocycles. The van der Waals surface area contributed by atoms with Gasteiger partial charge in [0.05, 0.1) is 5.69 Å². The Labute approximate surface area is 135 Å². The minimum absolute atomic E-state index is 0.00482. The molecular weight excluding hydrogens is 317 g/mol. The molecule has 6 heteroatoms. The highest BCUT2D eigenvalue weighted by Crippen LogP contribution is 2.24. The van der Waals surface area contributed by atoms with Gasteiger partial charge in [-0.05, 0) is 36.4 Å². The van der Waals surface area contributed by atoms with E-state index in [2.05, 4.69) is 4.98 Å². The van der Waals surface area contributed by atoms with E-state index in [1.165, 1.54) is 35.6 Å². The first kappa shape index (κ1) is 15.2. The largest absolute Gasteiger partial charge is 0.507 e. The number of esters is 1. The smallest absolute Gasteiger partial charge is 0.342 e. The third kappa shape index (κ3) is 3.54. The SMILES string of the molecule is O=C(OCc1csc(-c2ccc(F)cc2)n1)c1ccccc1O.